The smallest absolute Gasteiger partial charge is 0.225 e. The van der Waals surface area contributed by atoms with E-state index in [9.17, 15) is 0 Å². The summed E-state index contributed by atoms with van der Waals surface area (Å²) in [5, 5.41) is 0. The first kappa shape index (κ1) is 21.3. The van der Waals surface area contributed by atoms with E-state index >= 15 is 0 Å². The number of hydrogen-bond acceptors (Lipinski definition) is 4. The lowest BCUT2D eigenvalue weighted by atomic mass is 9.70. The lowest BCUT2D eigenvalue weighted by molar-refractivity contribution is 0.480. The zero-order valence-electron chi connectivity index (χ0n) is 19.9. The molecule has 0 spiro atoms. The molecular weight excluding hydrogens is 456 g/mol. The van der Waals surface area contributed by atoms with E-state index in [0.717, 1.165) is 22.6 Å². The van der Waals surface area contributed by atoms with Crippen LogP contribution in [0.5, 0.6) is 11.5 Å². The summed E-state index contributed by atoms with van der Waals surface area (Å²) < 4.78 is 11.9. The Morgan fingerprint density at radius 1 is 0.595 bits per heavy atom. The average Bonchev–Trinajstić information content (AvgIpc) is 3.60. The highest BCUT2D eigenvalue weighted by Gasteiger charge is 2.47. The average molecular weight is 479 g/mol. The van der Waals surface area contributed by atoms with E-state index in [1.165, 1.54) is 22.3 Å². The van der Waals surface area contributed by atoms with Gasteiger partial charge in [-0.15, -0.1) is 0 Å². The number of oxazole rings is 1. The third-order valence-corrected chi connectivity index (χ3v) is 7.02. The molecule has 0 atom stereocenters. The van der Waals surface area contributed by atoms with Gasteiger partial charge in [0.2, 0.25) is 5.89 Å². The molecule has 0 unspecified atom stereocenters. The molecule has 7 rings (SSSR count). The molecule has 1 aliphatic carbocycles. The Kier molecular flexibility index (Phi) is 4.96. The van der Waals surface area contributed by atoms with Gasteiger partial charge in [-0.05, 0) is 70.3 Å². The number of benzene rings is 4. The van der Waals surface area contributed by atoms with E-state index in [4.69, 9.17) is 14.1 Å². The van der Waals surface area contributed by atoms with Gasteiger partial charge < -0.3 is 9.15 Å². The van der Waals surface area contributed by atoms with Crippen LogP contribution in [0.1, 0.15) is 22.4 Å². The summed E-state index contributed by atoms with van der Waals surface area (Å²) >= 11 is 0. The monoisotopic (exact) mass is 478 g/mol. The predicted octanol–water partition coefficient (Wildman–Crippen LogP) is 7.89. The standard InChI is InChI=1S/C33H22N2O2/c1-3-15-29-27(13-1)28-14-2-4-16-30(28)33(29,31-17-5-6-18-34-31)24-10-8-12-26(22-24)37-25-11-7-9-23(21-25)32-35-19-20-36-32/h1-22H. The minimum absolute atomic E-state index is 0.562. The largest absolute Gasteiger partial charge is 0.457 e. The summed E-state index contributed by atoms with van der Waals surface area (Å²) in [6.45, 7) is 0. The van der Waals surface area contributed by atoms with Crippen LogP contribution in [0.2, 0.25) is 0 Å². The fraction of sp³-hybridized carbons (Fsp3) is 0.0303. The minimum Gasteiger partial charge on any atom is -0.457 e. The van der Waals surface area contributed by atoms with Crippen LogP contribution in [0, 0.1) is 0 Å². The molecule has 4 heteroatoms. The third-order valence-electron chi connectivity index (χ3n) is 7.02. The molecule has 0 N–H and O–H groups in total. The predicted molar refractivity (Wildman–Crippen MR) is 144 cm³/mol. The number of hydrogen-bond donors (Lipinski definition) is 0. The van der Waals surface area contributed by atoms with Crippen molar-refractivity contribution in [2.24, 2.45) is 0 Å². The van der Waals surface area contributed by atoms with Gasteiger partial charge in [0.25, 0.3) is 0 Å². The fourth-order valence-corrected chi connectivity index (χ4v) is 5.54. The lowest BCUT2D eigenvalue weighted by Gasteiger charge is -2.32. The minimum atomic E-state index is -0.562. The molecule has 0 saturated heterocycles. The number of nitrogens with zero attached hydrogens (tertiary/aromatic N) is 2. The summed E-state index contributed by atoms with van der Waals surface area (Å²) in [4.78, 5) is 9.16. The number of pyridine rings is 1. The Bertz CT molecular complexity index is 1660. The molecule has 0 amide bonds. The second-order valence-electron chi connectivity index (χ2n) is 9.05. The van der Waals surface area contributed by atoms with Gasteiger partial charge in [-0.25, -0.2) is 4.98 Å². The zero-order chi connectivity index (χ0) is 24.7. The lowest BCUT2D eigenvalue weighted by Crippen LogP contribution is -2.29. The molecule has 37 heavy (non-hydrogen) atoms. The van der Waals surface area contributed by atoms with E-state index in [1.807, 2.05) is 42.6 Å². The molecule has 2 heterocycles. The Labute approximate surface area is 214 Å². The van der Waals surface area contributed by atoms with E-state index in [0.29, 0.717) is 11.6 Å². The van der Waals surface area contributed by atoms with E-state index < -0.39 is 5.41 Å². The normalized spacial score (nSPS) is 13.1. The van der Waals surface area contributed by atoms with Gasteiger partial charge in [-0.2, -0.15) is 0 Å². The molecule has 0 fully saturated rings. The first-order valence-electron chi connectivity index (χ1n) is 12.2. The summed E-state index contributed by atoms with van der Waals surface area (Å²) in [5.41, 5.74) is 7.29. The molecule has 4 nitrogen and oxygen atoms in total. The summed E-state index contributed by atoms with van der Waals surface area (Å²) in [6.07, 6.45) is 5.08. The first-order chi connectivity index (χ1) is 18.3. The van der Waals surface area contributed by atoms with Gasteiger partial charge in [0, 0.05) is 11.8 Å². The Morgan fingerprint density at radius 2 is 1.30 bits per heavy atom. The first-order valence-corrected chi connectivity index (χ1v) is 12.2. The van der Waals surface area contributed by atoms with Crippen molar-refractivity contribution < 1.29 is 9.15 Å². The molecule has 2 aromatic heterocycles. The third kappa shape index (κ3) is 3.38. The van der Waals surface area contributed by atoms with Crippen molar-refractivity contribution >= 4 is 0 Å². The van der Waals surface area contributed by atoms with Crippen LogP contribution in [0.25, 0.3) is 22.6 Å². The van der Waals surface area contributed by atoms with Crippen LogP contribution < -0.4 is 4.74 Å². The van der Waals surface area contributed by atoms with E-state index in [-0.39, 0.29) is 0 Å². The van der Waals surface area contributed by atoms with Crippen molar-refractivity contribution in [3.8, 4) is 34.1 Å². The maximum absolute atomic E-state index is 6.38. The van der Waals surface area contributed by atoms with Crippen molar-refractivity contribution in [1.29, 1.82) is 0 Å². The molecule has 6 aromatic rings. The van der Waals surface area contributed by atoms with Crippen LogP contribution in [0.3, 0.4) is 0 Å². The highest BCUT2D eigenvalue weighted by Crippen LogP contribution is 2.55. The maximum Gasteiger partial charge on any atom is 0.225 e. The second-order valence-corrected chi connectivity index (χ2v) is 9.05. The maximum atomic E-state index is 6.38. The molecule has 176 valence electrons. The van der Waals surface area contributed by atoms with Crippen molar-refractivity contribution in [3.05, 3.63) is 156 Å². The van der Waals surface area contributed by atoms with Crippen molar-refractivity contribution in [1.82, 2.24) is 9.97 Å². The van der Waals surface area contributed by atoms with Gasteiger partial charge in [0.1, 0.15) is 17.8 Å². The molecule has 0 radical (unpaired) electrons. The molecule has 1 aliphatic rings. The number of aromatic nitrogens is 2. The van der Waals surface area contributed by atoms with Crippen LogP contribution in [-0.2, 0) is 5.41 Å². The van der Waals surface area contributed by atoms with Gasteiger partial charge in [0.15, 0.2) is 0 Å². The summed E-state index contributed by atoms with van der Waals surface area (Å²) in [7, 11) is 0. The Balaban J connectivity index is 1.40. The van der Waals surface area contributed by atoms with Crippen LogP contribution >= 0.6 is 0 Å². The molecular formula is C33H22N2O2. The van der Waals surface area contributed by atoms with Gasteiger partial charge in [0.05, 0.1) is 17.3 Å². The topological polar surface area (TPSA) is 48.2 Å². The Morgan fingerprint density at radius 3 is 2.00 bits per heavy atom. The van der Waals surface area contributed by atoms with Crippen LogP contribution in [0.4, 0.5) is 0 Å². The Hall–Kier alpha value is -4.96. The number of fused-ring (bicyclic) bond motifs is 3. The van der Waals surface area contributed by atoms with Crippen molar-refractivity contribution in [2.75, 3.05) is 0 Å². The highest BCUT2D eigenvalue weighted by atomic mass is 16.5. The molecule has 0 bridgehead atoms. The fourth-order valence-electron chi connectivity index (χ4n) is 5.54. The second kappa shape index (κ2) is 8.61. The van der Waals surface area contributed by atoms with E-state index in [1.54, 1.807) is 12.5 Å². The SMILES string of the molecule is c1ccc(C2(c3cccc(Oc4cccc(-c5ncco5)c4)c3)c3ccccc3-c3ccccc32)nc1. The van der Waals surface area contributed by atoms with Gasteiger partial charge in [-0.1, -0.05) is 72.8 Å². The quantitative estimate of drug-likeness (QED) is 0.252. The van der Waals surface area contributed by atoms with Crippen LogP contribution in [0.15, 0.2) is 138 Å². The molecule has 0 aliphatic heterocycles. The molecule has 0 saturated carbocycles. The van der Waals surface area contributed by atoms with Gasteiger partial charge in [-0.3, -0.25) is 4.98 Å². The molecule has 4 aromatic carbocycles. The zero-order valence-corrected chi connectivity index (χ0v) is 19.9. The summed E-state index contributed by atoms with van der Waals surface area (Å²) in [5.74, 6) is 2.03. The van der Waals surface area contributed by atoms with Gasteiger partial charge >= 0.3 is 0 Å². The summed E-state index contributed by atoms with van der Waals surface area (Å²) in [6, 6.07) is 39.5. The number of rotatable bonds is 5. The van der Waals surface area contributed by atoms with Crippen molar-refractivity contribution in [2.45, 2.75) is 5.41 Å². The van der Waals surface area contributed by atoms with Crippen molar-refractivity contribution in [3.63, 3.8) is 0 Å². The number of ether oxygens (including phenoxy) is 1. The van der Waals surface area contributed by atoms with Crippen LogP contribution in [-0.4, -0.2) is 9.97 Å². The van der Waals surface area contributed by atoms with E-state index in [2.05, 4.69) is 83.8 Å². The highest BCUT2D eigenvalue weighted by molar-refractivity contribution is 5.85.